The Morgan fingerprint density at radius 2 is 1.86 bits per heavy atom. The number of anilines is 1. The van der Waals surface area contributed by atoms with Gasteiger partial charge in [-0.3, -0.25) is 0 Å². The van der Waals surface area contributed by atoms with Gasteiger partial charge in [0, 0.05) is 30.2 Å². The van der Waals surface area contributed by atoms with Gasteiger partial charge in [-0.25, -0.2) is 14.5 Å². The molecule has 0 spiro atoms. The second kappa shape index (κ2) is 7.39. The van der Waals surface area contributed by atoms with Gasteiger partial charge in [0.25, 0.3) is 0 Å². The van der Waals surface area contributed by atoms with Gasteiger partial charge in [-0.1, -0.05) is 18.2 Å². The van der Waals surface area contributed by atoms with E-state index in [1.165, 1.54) is 0 Å². The summed E-state index contributed by atoms with van der Waals surface area (Å²) in [6, 6.07) is 17.2. The molecular weight excluding hydrogens is 364 g/mol. The zero-order chi connectivity index (χ0) is 20.5. The molecule has 0 bridgehead atoms. The smallest absolute Gasteiger partial charge is 0.335 e. The number of carboxylic acids is 1. The molecule has 4 aromatic rings. The van der Waals surface area contributed by atoms with Crippen LogP contribution in [0.2, 0.25) is 0 Å². The number of pyridine rings is 1. The van der Waals surface area contributed by atoms with Gasteiger partial charge in [0.15, 0.2) is 0 Å². The van der Waals surface area contributed by atoms with Crippen LogP contribution in [0.1, 0.15) is 24.2 Å². The van der Waals surface area contributed by atoms with Crippen LogP contribution in [0, 0.1) is 0 Å². The van der Waals surface area contributed by atoms with E-state index in [2.05, 4.69) is 23.8 Å². The number of hydrogen-bond donors (Lipinski definition) is 1. The van der Waals surface area contributed by atoms with Crippen LogP contribution in [0.3, 0.4) is 0 Å². The molecule has 0 saturated carbocycles. The molecule has 0 atom stereocenters. The monoisotopic (exact) mass is 386 g/mol. The van der Waals surface area contributed by atoms with E-state index >= 15 is 0 Å². The van der Waals surface area contributed by atoms with Gasteiger partial charge in [-0.15, -0.1) is 0 Å². The number of fused-ring (bicyclic) bond motifs is 1. The Hall–Kier alpha value is -3.67. The van der Waals surface area contributed by atoms with Gasteiger partial charge in [-0.05, 0) is 50.2 Å². The highest BCUT2D eigenvalue weighted by molar-refractivity contribution is 5.96. The van der Waals surface area contributed by atoms with Gasteiger partial charge in [0.05, 0.1) is 34.3 Å². The van der Waals surface area contributed by atoms with Crippen molar-refractivity contribution in [3.63, 3.8) is 0 Å². The third kappa shape index (κ3) is 3.57. The SMILES string of the molecule is CC(C)N(C)c1cc2cc(C(=O)O)ccc2nc1-c1cnn(-c2ccccc2)c1. The number of benzene rings is 2. The molecule has 0 aliphatic heterocycles. The molecular formula is C23H22N4O2. The standard InChI is InChI=1S/C23H22N4O2/c1-15(2)26(3)21-12-17-11-16(23(28)29)9-10-20(17)25-22(21)18-13-24-27(14-18)19-7-5-4-6-8-19/h4-15H,1-3H3,(H,28,29). The summed E-state index contributed by atoms with van der Waals surface area (Å²) in [7, 11) is 2.01. The van der Waals surface area contributed by atoms with Crippen LogP contribution in [-0.2, 0) is 0 Å². The zero-order valence-corrected chi connectivity index (χ0v) is 16.6. The molecule has 2 aromatic carbocycles. The lowest BCUT2D eigenvalue weighted by molar-refractivity contribution is 0.0697. The van der Waals surface area contributed by atoms with Crippen molar-refractivity contribution in [1.29, 1.82) is 0 Å². The third-order valence-corrected chi connectivity index (χ3v) is 5.07. The van der Waals surface area contributed by atoms with Gasteiger partial charge < -0.3 is 10.0 Å². The minimum absolute atomic E-state index is 0.250. The molecule has 2 aromatic heterocycles. The first-order valence-electron chi connectivity index (χ1n) is 9.45. The molecule has 146 valence electrons. The topological polar surface area (TPSA) is 71.2 Å². The summed E-state index contributed by atoms with van der Waals surface area (Å²) >= 11 is 0. The van der Waals surface area contributed by atoms with E-state index < -0.39 is 5.97 Å². The van der Waals surface area contributed by atoms with Gasteiger partial charge in [0.1, 0.15) is 0 Å². The van der Waals surface area contributed by atoms with Crippen molar-refractivity contribution < 1.29 is 9.90 Å². The Kier molecular flexibility index (Phi) is 4.76. The van der Waals surface area contributed by atoms with E-state index in [0.717, 1.165) is 33.5 Å². The minimum atomic E-state index is -0.945. The van der Waals surface area contributed by atoms with Gasteiger partial charge in [0.2, 0.25) is 0 Å². The summed E-state index contributed by atoms with van der Waals surface area (Å²) in [5.41, 5.74) is 4.63. The number of rotatable bonds is 5. The number of hydrogen-bond acceptors (Lipinski definition) is 4. The average molecular weight is 386 g/mol. The summed E-state index contributed by atoms with van der Waals surface area (Å²) < 4.78 is 1.83. The molecule has 0 saturated heterocycles. The summed E-state index contributed by atoms with van der Waals surface area (Å²) in [6.45, 7) is 4.21. The first kappa shape index (κ1) is 18.7. The largest absolute Gasteiger partial charge is 0.478 e. The molecule has 0 unspecified atom stereocenters. The number of aromatic carboxylic acids is 1. The quantitative estimate of drug-likeness (QED) is 0.541. The maximum Gasteiger partial charge on any atom is 0.335 e. The molecule has 4 rings (SSSR count). The minimum Gasteiger partial charge on any atom is -0.478 e. The fourth-order valence-corrected chi connectivity index (χ4v) is 3.22. The average Bonchev–Trinajstić information content (AvgIpc) is 3.22. The van der Waals surface area contributed by atoms with Crippen LogP contribution < -0.4 is 4.90 Å². The predicted molar refractivity (Wildman–Crippen MR) is 115 cm³/mol. The maximum absolute atomic E-state index is 11.4. The van der Waals surface area contributed by atoms with E-state index in [1.807, 2.05) is 60.5 Å². The van der Waals surface area contributed by atoms with E-state index in [4.69, 9.17) is 4.98 Å². The van der Waals surface area contributed by atoms with Crippen molar-refractivity contribution in [3.05, 3.63) is 72.6 Å². The zero-order valence-electron chi connectivity index (χ0n) is 16.6. The van der Waals surface area contributed by atoms with Gasteiger partial charge in [-0.2, -0.15) is 5.10 Å². The molecule has 29 heavy (non-hydrogen) atoms. The van der Waals surface area contributed by atoms with E-state index in [9.17, 15) is 9.90 Å². The summed E-state index contributed by atoms with van der Waals surface area (Å²) in [5, 5.41) is 14.6. The molecule has 0 aliphatic carbocycles. The number of nitrogens with zero attached hydrogens (tertiary/aromatic N) is 4. The lowest BCUT2D eigenvalue weighted by Crippen LogP contribution is -2.26. The second-order valence-corrected chi connectivity index (χ2v) is 7.28. The Morgan fingerprint density at radius 3 is 2.55 bits per heavy atom. The van der Waals surface area contributed by atoms with Crippen molar-refractivity contribution in [2.75, 3.05) is 11.9 Å². The summed E-state index contributed by atoms with van der Waals surface area (Å²) in [4.78, 5) is 18.4. The van der Waals surface area contributed by atoms with Crippen molar-refractivity contribution >= 4 is 22.6 Å². The predicted octanol–water partition coefficient (Wildman–Crippen LogP) is 4.63. The van der Waals surface area contributed by atoms with Crippen LogP contribution in [0.4, 0.5) is 5.69 Å². The van der Waals surface area contributed by atoms with Gasteiger partial charge >= 0.3 is 5.97 Å². The molecule has 0 aliphatic rings. The Balaban J connectivity index is 1.88. The van der Waals surface area contributed by atoms with Crippen molar-refractivity contribution in [3.8, 4) is 16.9 Å². The van der Waals surface area contributed by atoms with Crippen molar-refractivity contribution in [1.82, 2.24) is 14.8 Å². The fraction of sp³-hybridized carbons (Fsp3) is 0.174. The second-order valence-electron chi connectivity index (χ2n) is 7.28. The molecule has 2 heterocycles. The number of carbonyl (C=O) groups is 1. The van der Waals surface area contributed by atoms with Crippen molar-refractivity contribution in [2.24, 2.45) is 0 Å². The van der Waals surface area contributed by atoms with E-state index in [1.54, 1.807) is 18.2 Å². The van der Waals surface area contributed by atoms with E-state index in [-0.39, 0.29) is 11.6 Å². The van der Waals surface area contributed by atoms with E-state index in [0.29, 0.717) is 0 Å². The summed E-state index contributed by atoms with van der Waals surface area (Å²) in [5.74, 6) is -0.945. The molecule has 6 nitrogen and oxygen atoms in total. The Bertz CT molecular complexity index is 1180. The van der Waals surface area contributed by atoms with Crippen molar-refractivity contribution in [2.45, 2.75) is 19.9 Å². The van der Waals surface area contributed by atoms with Crippen LogP contribution in [0.25, 0.3) is 27.8 Å². The molecule has 1 N–H and O–H groups in total. The Morgan fingerprint density at radius 1 is 1.10 bits per heavy atom. The Labute approximate surface area is 169 Å². The molecule has 0 amide bonds. The van der Waals surface area contributed by atoms with Crippen LogP contribution in [-0.4, -0.2) is 38.9 Å². The molecule has 0 radical (unpaired) electrons. The first-order chi connectivity index (χ1) is 13.9. The number of para-hydroxylation sites is 1. The first-order valence-corrected chi connectivity index (χ1v) is 9.45. The lowest BCUT2D eigenvalue weighted by Gasteiger charge is -2.26. The number of carboxylic acid groups (broad SMARTS) is 1. The molecule has 0 fully saturated rings. The summed E-state index contributed by atoms with van der Waals surface area (Å²) in [6.07, 6.45) is 3.78. The fourth-order valence-electron chi connectivity index (χ4n) is 3.22. The lowest BCUT2D eigenvalue weighted by atomic mass is 10.1. The highest BCUT2D eigenvalue weighted by Gasteiger charge is 2.17. The van der Waals surface area contributed by atoms with Crippen LogP contribution in [0.5, 0.6) is 0 Å². The van der Waals surface area contributed by atoms with Crippen LogP contribution >= 0.6 is 0 Å². The third-order valence-electron chi connectivity index (χ3n) is 5.07. The molecule has 6 heteroatoms. The van der Waals surface area contributed by atoms with Crippen LogP contribution in [0.15, 0.2) is 67.0 Å². The highest BCUT2D eigenvalue weighted by Crippen LogP contribution is 2.33. The number of aromatic nitrogens is 3. The highest BCUT2D eigenvalue weighted by atomic mass is 16.4. The normalized spacial score (nSPS) is 11.2. The maximum atomic E-state index is 11.4.